The summed E-state index contributed by atoms with van der Waals surface area (Å²) < 4.78 is 0. The number of ketones is 1. The van der Waals surface area contributed by atoms with E-state index in [1.54, 1.807) is 6.08 Å². The molecule has 0 radical (unpaired) electrons. The largest absolute Gasteiger partial charge is 0.294 e. The molecule has 0 amide bonds. The van der Waals surface area contributed by atoms with Gasteiger partial charge in [0.2, 0.25) is 0 Å². The maximum atomic E-state index is 10.6. The van der Waals surface area contributed by atoms with Gasteiger partial charge in [-0.15, -0.1) is 0 Å². The van der Waals surface area contributed by atoms with Crippen LogP contribution in [-0.4, -0.2) is 5.78 Å². The second-order valence-corrected chi connectivity index (χ2v) is 2.49. The minimum atomic E-state index is -0.156. The summed E-state index contributed by atoms with van der Waals surface area (Å²) in [6.07, 6.45) is 1.67. The van der Waals surface area contributed by atoms with Crippen LogP contribution in [0.4, 0.5) is 0 Å². The van der Waals surface area contributed by atoms with Gasteiger partial charge in [-0.25, -0.2) is 0 Å². The Morgan fingerprint density at radius 3 is 1.92 bits per heavy atom. The van der Waals surface area contributed by atoms with Gasteiger partial charge in [-0.1, -0.05) is 33.8 Å². The van der Waals surface area contributed by atoms with Crippen molar-refractivity contribution in [3.63, 3.8) is 0 Å². The third kappa shape index (κ3) is 7.01. The Morgan fingerprint density at radius 1 is 1.42 bits per heavy atom. The molecule has 0 unspecified atom stereocenters. The van der Waals surface area contributed by atoms with Gasteiger partial charge in [-0.05, 0) is 12.8 Å². The molecule has 0 aromatic rings. The van der Waals surface area contributed by atoms with Crippen LogP contribution in [0.5, 0.6) is 0 Å². The van der Waals surface area contributed by atoms with Crippen LogP contribution in [0.2, 0.25) is 0 Å². The number of rotatable bonds is 2. The molecule has 0 aromatic carbocycles. The fourth-order valence-electron chi connectivity index (χ4n) is 0.567. The molecule has 0 saturated carbocycles. The fourth-order valence-corrected chi connectivity index (χ4v) is 0.567. The number of hydrogen-bond acceptors (Lipinski definition) is 2. The first-order chi connectivity index (χ1) is 5.57. The van der Waals surface area contributed by atoms with Crippen LogP contribution in [0.3, 0.4) is 0 Å². The number of nitriles is 1. The Hall–Kier alpha value is -1.10. The van der Waals surface area contributed by atoms with Gasteiger partial charge in [0.25, 0.3) is 0 Å². The minimum absolute atomic E-state index is 0.156. The Kier molecular flexibility index (Phi) is 8.99. The van der Waals surface area contributed by atoms with Gasteiger partial charge in [0, 0.05) is 0 Å². The smallest absolute Gasteiger partial charge is 0.169 e. The fraction of sp³-hybridized carbons (Fsp3) is 0.600. The highest BCUT2D eigenvalue weighted by molar-refractivity contribution is 5.97. The lowest BCUT2D eigenvalue weighted by molar-refractivity contribution is -0.113. The number of carbonyl (C=O) groups is 1. The molecule has 0 aliphatic heterocycles. The highest BCUT2D eigenvalue weighted by Gasteiger charge is 2.01. The lowest BCUT2D eigenvalue weighted by Gasteiger charge is -1.94. The van der Waals surface area contributed by atoms with Crippen molar-refractivity contribution >= 4 is 5.78 Å². The van der Waals surface area contributed by atoms with Crippen LogP contribution >= 0.6 is 0 Å². The standard InChI is InChI=1S/C8H11NO.C2H6/c1-6(2)4-8(5-9)7(3)10;1-2/h4,6H,1-3H3;1-2H3/b8-4+;. The molecule has 0 aromatic heterocycles. The van der Waals surface area contributed by atoms with Crippen molar-refractivity contribution in [1.29, 1.82) is 5.26 Å². The van der Waals surface area contributed by atoms with Gasteiger partial charge in [0.15, 0.2) is 5.78 Å². The summed E-state index contributed by atoms with van der Waals surface area (Å²) >= 11 is 0. The van der Waals surface area contributed by atoms with Crippen molar-refractivity contribution in [1.82, 2.24) is 0 Å². The molecule has 0 N–H and O–H groups in total. The van der Waals surface area contributed by atoms with Crippen LogP contribution in [-0.2, 0) is 4.79 Å². The Balaban J connectivity index is 0. The lowest BCUT2D eigenvalue weighted by atomic mass is 10.1. The minimum Gasteiger partial charge on any atom is -0.294 e. The third-order valence-corrected chi connectivity index (χ3v) is 1.000. The highest BCUT2D eigenvalue weighted by Crippen LogP contribution is 2.01. The van der Waals surface area contributed by atoms with Gasteiger partial charge in [0.1, 0.15) is 6.07 Å². The third-order valence-electron chi connectivity index (χ3n) is 1.000. The van der Waals surface area contributed by atoms with Gasteiger partial charge in [-0.2, -0.15) is 5.26 Å². The average molecular weight is 167 g/mol. The maximum Gasteiger partial charge on any atom is 0.169 e. The Bertz CT molecular complexity index is 196. The predicted octanol–water partition coefficient (Wildman–Crippen LogP) is 2.71. The molecule has 0 spiro atoms. The van der Waals surface area contributed by atoms with Crippen molar-refractivity contribution in [2.45, 2.75) is 34.6 Å². The molecule has 12 heavy (non-hydrogen) atoms. The lowest BCUT2D eigenvalue weighted by Crippen LogP contribution is -1.95. The van der Waals surface area contributed by atoms with E-state index in [2.05, 4.69) is 0 Å². The molecule has 68 valence electrons. The van der Waals surface area contributed by atoms with Crippen molar-refractivity contribution in [2.24, 2.45) is 5.92 Å². The summed E-state index contributed by atoms with van der Waals surface area (Å²) in [4.78, 5) is 10.6. The van der Waals surface area contributed by atoms with Gasteiger partial charge >= 0.3 is 0 Å². The molecule has 0 aliphatic carbocycles. The van der Waals surface area contributed by atoms with E-state index in [-0.39, 0.29) is 17.3 Å². The second-order valence-electron chi connectivity index (χ2n) is 2.49. The van der Waals surface area contributed by atoms with E-state index in [1.165, 1.54) is 6.92 Å². The van der Waals surface area contributed by atoms with E-state index in [0.717, 1.165) is 0 Å². The molecule has 0 aliphatic rings. The summed E-state index contributed by atoms with van der Waals surface area (Å²) in [6, 6.07) is 1.84. The molecule has 0 saturated heterocycles. The molecule has 0 bridgehead atoms. The first-order valence-corrected chi connectivity index (χ1v) is 4.20. The Morgan fingerprint density at radius 2 is 1.83 bits per heavy atom. The normalized spacial score (nSPS) is 9.92. The summed E-state index contributed by atoms with van der Waals surface area (Å²) in [5, 5.41) is 8.41. The first-order valence-electron chi connectivity index (χ1n) is 4.20. The Labute approximate surface area is 74.9 Å². The summed E-state index contributed by atoms with van der Waals surface area (Å²) in [6.45, 7) is 9.26. The SMILES string of the molecule is CC.CC(=O)/C(C#N)=C/C(C)C. The van der Waals surface area contributed by atoms with Crippen LogP contribution in [0, 0.1) is 17.2 Å². The molecule has 0 heterocycles. The molecule has 0 rings (SSSR count). The van der Waals surface area contributed by atoms with E-state index < -0.39 is 0 Å². The van der Waals surface area contributed by atoms with Crippen LogP contribution < -0.4 is 0 Å². The van der Waals surface area contributed by atoms with E-state index in [0.29, 0.717) is 0 Å². The van der Waals surface area contributed by atoms with Crippen molar-refractivity contribution < 1.29 is 4.79 Å². The monoisotopic (exact) mass is 167 g/mol. The summed E-state index contributed by atoms with van der Waals surface area (Å²) in [5.41, 5.74) is 0.259. The van der Waals surface area contributed by atoms with Crippen molar-refractivity contribution in [2.75, 3.05) is 0 Å². The number of allylic oxidation sites excluding steroid dienone is 2. The molecule has 0 fully saturated rings. The van der Waals surface area contributed by atoms with E-state index >= 15 is 0 Å². The molecule has 0 atom stereocenters. The molecular weight excluding hydrogens is 150 g/mol. The summed E-state index contributed by atoms with van der Waals surface area (Å²) in [5.74, 6) is 0.106. The number of hydrogen-bond donors (Lipinski definition) is 0. The quantitative estimate of drug-likeness (QED) is 0.468. The maximum absolute atomic E-state index is 10.6. The van der Waals surface area contributed by atoms with Gasteiger partial charge in [-0.3, -0.25) is 4.79 Å². The first kappa shape index (κ1) is 13.5. The zero-order chi connectivity index (χ0) is 10.1. The van der Waals surface area contributed by atoms with Gasteiger partial charge in [0.05, 0.1) is 5.57 Å². The second kappa shape index (κ2) is 8.00. The number of Topliss-reactive ketones (excluding diaryl/α,β-unsaturated/α-hetero) is 1. The van der Waals surface area contributed by atoms with E-state index in [1.807, 2.05) is 33.8 Å². The molecule has 2 nitrogen and oxygen atoms in total. The highest BCUT2D eigenvalue weighted by atomic mass is 16.1. The van der Waals surface area contributed by atoms with E-state index in [9.17, 15) is 4.79 Å². The zero-order valence-electron chi connectivity index (χ0n) is 8.51. The molecular formula is C10H17NO. The number of carbonyl (C=O) groups excluding carboxylic acids is 1. The number of nitrogens with zero attached hydrogens (tertiary/aromatic N) is 1. The zero-order valence-corrected chi connectivity index (χ0v) is 8.51. The van der Waals surface area contributed by atoms with Crippen LogP contribution in [0.15, 0.2) is 11.6 Å². The summed E-state index contributed by atoms with van der Waals surface area (Å²) in [7, 11) is 0. The topological polar surface area (TPSA) is 40.9 Å². The van der Waals surface area contributed by atoms with Gasteiger partial charge < -0.3 is 0 Å². The van der Waals surface area contributed by atoms with Crippen molar-refractivity contribution in [3.05, 3.63) is 11.6 Å². The molecule has 2 heteroatoms. The average Bonchev–Trinajstić information content (AvgIpc) is 2.03. The van der Waals surface area contributed by atoms with E-state index in [4.69, 9.17) is 5.26 Å². The van der Waals surface area contributed by atoms with Crippen molar-refractivity contribution in [3.8, 4) is 6.07 Å². The predicted molar refractivity (Wildman–Crippen MR) is 50.6 cm³/mol. The van der Waals surface area contributed by atoms with Crippen LogP contribution in [0.25, 0.3) is 0 Å². The van der Waals surface area contributed by atoms with Crippen LogP contribution in [0.1, 0.15) is 34.6 Å².